The monoisotopic (exact) mass is 570 g/mol. The van der Waals surface area contributed by atoms with E-state index in [2.05, 4.69) is 10.0 Å². The molecule has 0 saturated heterocycles. The van der Waals surface area contributed by atoms with Crippen molar-refractivity contribution in [2.45, 2.75) is 24.9 Å². The zero-order valence-electron chi connectivity index (χ0n) is 19.5. The number of benzene rings is 3. The molecule has 1 amide bonds. The summed E-state index contributed by atoms with van der Waals surface area (Å²) in [4.78, 5) is 13.0. The van der Waals surface area contributed by atoms with E-state index in [0.29, 0.717) is 16.3 Å². The minimum atomic E-state index is -3.99. The molecule has 3 rings (SSSR count). The third kappa shape index (κ3) is 7.56. The van der Waals surface area contributed by atoms with E-state index in [-0.39, 0.29) is 40.5 Å². The average Bonchev–Trinajstić information content (AvgIpc) is 2.82. The van der Waals surface area contributed by atoms with E-state index in [0.717, 1.165) is 0 Å². The van der Waals surface area contributed by atoms with Crippen LogP contribution >= 0.6 is 30.8 Å². The van der Waals surface area contributed by atoms with Gasteiger partial charge in [0.2, 0.25) is 0 Å². The highest BCUT2D eigenvalue weighted by atomic mass is 35.5. The first-order chi connectivity index (χ1) is 17.0. The fraction of sp³-hybridized carbons (Fsp3) is 0.208. The molecule has 8 nitrogen and oxygen atoms in total. The van der Waals surface area contributed by atoms with Crippen molar-refractivity contribution in [2.75, 3.05) is 23.3 Å². The maximum atomic E-state index is 13.0. The Hall–Kier alpha value is -2.39. The third-order valence-corrected chi connectivity index (χ3v) is 8.76. The largest absolute Gasteiger partial charge is 0.335 e. The Morgan fingerprint density at radius 3 is 2.06 bits per heavy atom. The predicted octanol–water partition coefficient (Wildman–Crippen LogP) is 6.81. The van der Waals surface area contributed by atoms with Gasteiger partial charge in [-0.1, -0.05) is 35.3 Å². The molecule has 12 heteroatoms. The minimum Gasteiger partial charge on any atom is -0.322 e. The van der Waals surface area contributed by atoms with Crippen LogP contribution < -0.4 is 10.0 Å². The number of sulfonamides is 1. The Morgan fingerprint density at radius 1 is 0.889 bits per heavy atom. The smallest absolute Gasteiger partial charge is 0.322 e. The second-order valence-electron chi connectivity index (χ2n) is 7.50. The van der Waals surface area contributed by atoms with Crippen molar-refractivity contribution in [1.82, 2.24) is 0 Å². The molecule has 192 valence electrons. The summed E-state index contributed by atoms with van der Waals surface area (Å²) in [5.41, 5.74) is 1.23. The van der Waals surface area contributed by atoms with E-state index < -0.39 is 23.5 Å². The van der Waals surface area contributed by atoms with Crippen LogP contribution in [0, 0.1) is 0 Å². The van der Waals surface area contributed by atoms with E-state index in [1.54, 1.807) is 38.1 Å². The van der Waals surface area contributed by atoms with Gasteiger partial charge >= 0.3 is 7.60 Å². The summed E-state index contributed by atoms with van der Waals surface area (Å²) >= 11 is 11.9. The second kappa shape index (κ2) is 12.2. The number of halogens is 2. The van der Waals surface area contributed by atoms with Crippen molar-refractivity contribution >= 4 is 58.1 Å². The summed E-state index contributed by atoms with van der Waals surface area (Å²) < 4.78 is 51.4. The molecule has 0 unspecified atom stereocenters. The average molecular weight is 571 g/mol. The van der Waals surface area contributed by atoms with Crippen LogP contribution in [0.4, 0.5) is 11.4 Å². The topological polar surface area (TPSA) is 111 Å². The summed E-state index contributed by atoms with van der Waals surface area (Å²) in [6, 6.07) is 16.5. The van der Waals surface area contributed by atoms with Crippen molar-refractivity contribution < 1.29 is 26.8 Å². The van der Waals surface area contributed by atoms with E-state index in [1.807, 2.05) is 0 Å². The molecule has 0 aliphatic rings. The van der Waals surface area contributed by atoms with Crippen LogP contribution in [0.3, 0.4) is 0 Å². The van der Waals surface area contributed by atoms with E-state index >= 15 is 0 Å². The van der Waals surface area contributed by atoms with Crippen LogP contribution in [0.2, 0.25) is 10.0 Å². The van der Waals surface area contributed by atoms with Gasteiger partial charge in [0.15, 0.2) is 0 Å². The first kappa shape index (κ1) is 28.2. The van der Waals surface area contributed by atoms with Crippen molar-refractivity contribution in [3.05, 3.63) is 87.9 Å². The van der Waals surface area contributed by atoms with Crippen molar-refractivity contribution in [3.8, 4) is 0 Å². The molecular formula is C24H25Cl2N2O6PS. The Kier molecular flexibility index (Phi) is 9.58. The Labute approximate surface area is 220 Å². The minimum absolute atomic E-state index is 0.0137. The maximum Gasteiger partial charge on any atom is 0.335 e. The zero-order valence-corrected chi connectivity index (χ0v) is 22.8. The molecule has 0 spiro atoms. The Balaban J connectivity index is 1.78. The summed E-state index contributed by atoms with van der Waals surface area (Å²) in [5, 5.41) is 3.37. The highest BCUT2D eigenvalue weighted by Crippen LogP contribution is 2.51. The predicted molar refractivity (Wildman–Crippen MR) is 143 cm³/mol. The van der Waals surface area contributed by atoms with Crippen molar-refractivity contribution in [1.29, 1.82) is 0 Å². The molecule has 0 aliphatic carbocycles. The second-order valence-corrected chi connectivity index (χ2v) is 12.1. The molecule has 2 N–H and O–H groups in total. The molecule has 0 fully saturated rings. The molecule has 0 radical (unpaired) electrons. The van der Waals surface area contributed by atoms with E-state index in [1.165, 1.54) is 42.5 Å². The molecular weight excluding hydrogens is 546 g/mol. The SMILES string of the molecule is CCOP(=O)(Cc1ccc(NC(=O)c2cc(Cl)ccc2NS(=O)(=O)c2ccc(Cl)cc2)cc1)OCC. The molecule has 3 aromatic carbocycles. The van der Waals surface area contributed by atoms with Crippen molar-refractivity contribution in [2.24, 2.45) is 0 Å². The Morgan fingerprint density at radius 2 is 1.47 bits per heavy atom. The highest BCUT2D eigenvalue weighted by molar-refractivity contribution is 7.92. The lowest BCUT2D eigenvalue weighted by Crippen LogP contribution is -2.18. The van der Waals surface area contributed by atoms with E-state index in [9.17, 15) is 17.8 Å². The first-order valence-electron chi connectivity index (χ1n) is 10.9. The maximum absolute atomic E-state index is 13.0. The number of rotatable bonds is 11. The lowest BCUT2D eigenvalue weighted by molar-refractivity contribution is 0.102. The van der Waals surface area contributed by atoms with Crippen LogP contribution in [-0.2, 0) is 29.8 Å². The third-order valence-electron chi connectivity index (χ3n) is 4.83. The van der Waals surface area contributed by atoms with Gasteiger partial charge < -0.3 is 14.4 Å². The molecule has 0 atom stereocenters. The number of carbonyl (C=O) groups excluding carboxylic acids is 1. The van der Waals surface area contributed by atoms with Gasteiger partial charge in [0.1, 0.15) is 0 Å². The first-order valence-corrected chi connectivity index (χ1v) is 14.9. The Bertz CT molecular complexity index is 1360. The molecule has 36 heavy (non-hydrogen) atoms. The summed E-state index contributed by atoms with van der Waals surface area (Å²) in [6.07, 6.45) is 0.0911. The van der Waals surface area contributed by atoms with E-state index in [4.69, 9.17) is 32.2 Å². The number of hydrogen-bond donors (Lipinski definition) is 2. The number of carbonyl (C=O) groups is 1. The summed E-state index contributed by atoms with van der Waals surface area (Å²) in [6.45, 7) is 4.00. The number of anilines is 2. The fourth-order valence-electron chi connectivity index (χ4n) is 3.25. The quantitative estimate of drug-likeness (QED) is 0.245. The van der Waals surface area contributed by atoms with Crippen LogP contribution in [0.15, 0.2) is 71.6 Å². The lowest BCUT2D eigenvalue weighted by Gasteiger charge is -2.17. The highest BCUT2D eigenvalue weighted by Gasteiger charge is 2.24. The standard InChI is InChI=1S/C24H25Cl2N2O6PS/c1-3-33-35(30,34-4-2)16-17-5-10-20(11-6-17)27-24(29)22-15-19(26)9-14-23(22)28-36(31,32)21-12-7-18(25)8-13-21/h5-15,28H,3-4,16H2,1-2H3,(H,27,29). The fourth-order valence-corrected chi connectivity index (χ4v) is 6.33. The summed E-state index contributed by atoms with van der Waals surface area (Å²) in [5.74, 6) is -0.576. The molecule has 3 aromatic rings. The van der Waals surface area contributed by atoms with Gasteiger partial charge in [-0.2, -0.15) is 0 Å². The number of nitrogens with one attached hydrogen (secondary N) is 2. The molecule has 0 bridgehead atoms. The molecule has 0 aromatic heterocycles. The van der Waals surface area contributed by atoms with Crippen molar-refractivity contribution in [3.63, 3.8) is 0 Å². The number of hydrogen-bond acceptors (Lipinski definition) is 6. The van der Waals surface area contributed by atoms with Gasteiger partial charge in [0.05, 0.1) is 35.5 Å². The van der Waals surface area contributed by atoms with Crippen LogP contribution in [-0.4, -0.2) is 27.5 Å². The van der Waals surface area contributed by atoms with Gasteiger partial charge in [0, 0.05) is 15.7 Å². The van der Waals surface area contributed by atoms with Gasteiger partial charge in [0.25, 0.3) is 15.9 Å². The normalized spacial score (nSPS) is 11.8. The lowest BCUT2D eigenvalue weighted by atomic mass is 10.1. The molecule has 0 heterocycles. The van der Waals surface area contributed by atoms with Gasteiger partial charge in [-0.15, -0.1) is 0 Å². The van der Waals surface area contributed by atoms with Crippen LogP contribution in [0.1, 0.15) is 29.8 Å². The molecule has 0 saturated carbocycles. The van der Waals surface area contributed by atoms with Crippen LogP contribution in [0.5, 0.6) is 0 Å². The summed E-state index contributed by atoms with van der Waals surface area (Å²) in [7, 11) is -7.25. The van der Waals surface area contributed by atoms with Gasteiger partial charge in [-0.05, 0) is 74.0 Å². The van der Waals surface area contributed by atoms with Gasteiger partial charge in [-0.25, -0.2) is 8.42 Å². The van der Waals surface area contributed by atoms with Gasteiger partial charge in [-0.3, -0.25) is 14.1 Å². The van der Waals surface area contributed by atoms with Crippen LogP contribution in [0.25, 0.3) is 0 Å². The zero-order chi connectivity index (χ0) is 26.3. The molecule has 0 aliphatic heterocycles. The number of amides is 1.